The summed E-state index contributed by atoms with van der Waals surface area (Å²) in [6.07, 6.45) is 0. The topological polar surface area (TPSA) is 75.7 Å². The highest BCUT2D eigenvalue weighted by Crippen LogP contribution is 2.19. The number of rotatable bonds is 8. The molecule has 0 bridgehead atoms. The van der Waals surface area contributed by atoms with Gasteiger partial charge < -0.3 is 9.64 Å². The second-order valence-electron chi connectivity index (χ2n) is 6.22. The molecule has 1 N–H and O–H groups in total. The van der Waals surface area contributed by atoms with E-state index in [1.165, 1.54) is 12.1 Å². The molecule has 0 saturated carbocycles. The fourth-order valence-corrected chi connectivity index (χ4v) is 3.75. The van der Waals surface area contributed by atoms with Crippen molar-refractivity contribution < 1.29 is 17.9 Å². The number of amides is 1. The molecule has 27 heavy (non-hydrogen) atoms. The number of nitrogens with zero attached hydrogens (tertiary/aromatic N) is 1. The highest BCUT2D eigenvalue weighted by molar-refractivity contribution is 7.89. The zero-order valence-corrected chi connectivity index (χ0v) is 17.0. The van der Waals surface area contributed by atoms with Crippen LogP contribution >= 0.6 is 0 Å². The van der Waals surface area contributed by atoms with Crippen LogP contribution in [-0.2, 0) is 16.6 Å². The monoisotopic (exact) mass is 390 g/mol. The molecule has 2 rings (SSSR count). The molecule has 2 aromatic rings. The molecule has 0 fully saturated rings. The van der Waals surface area contributed by atoms with Gasteiger partial charge in [-0.1, -0.05) is 25.1 Å². The first-order valence-corrected chi connectivity index (χ1v) is 10.3. The number of carbonyl (C=O) groups excluding carboxylic acids is 1. The maximum Gasteiger partial charge on any atom is 0.254 e. The second kappa shape index (κ2) is 9.01. The van der Waals surface area contributed by atoms with Gasteiger partial charge in [-0.25, -0.2) is 13.1 Å². The van der Waals surface area contributed by atoms with Gasteiger partial charge in [-0.3, -0.25) is 4.79 Å². The smallest absolute Gasteiger partial charge is 0.254 e. The third-order valence-corrected chi connectivity index (χ3v) is 5.63. The lowest BCUT2D eigenvalue weighted by Gasteiger charge is -2.19. The van der Waals surface area contributed by atoms with Gasteiger partial charge in [0, 0.05) is 25.7 Å². The van der Waals surface area contributed by atoms with E-state index < -0.39 is 10.0 Å². The molecule has 0 aromatic heterocycles. The van der Waals surface area contributed by atoms with E-state index in [1.54, 1.807) is 31.9 Å². The van der Waals surface area contributed by atoms with Gasteiger partial charge in [0.25, 0.3) is 5.91 Å². The Morgan fingerprint density at radius 2 is 1.78 bits per heavy atom. The van der Waals surface area contributed by atoms with Gasteiger partial charge in [0.05, 0.1) is 11.5 Å². The van der Waals surface area contributed by atoms with Crippen LogP contribution in [0.3, 0.4) is 0 Å². The lowest BCUT2D eigenvalue weighted by Crippen LogP contribution is -2.28. The molecule has 0 aliphatic rings. The zero-order chi connectivity index (χ0) is 20.0. The molecule has 0 aliphatic carbocycles. The summed E-state index contributed by atoms with van der Waals surface area (Å²) in [5.74, 6) is 0.558. The number of sulfonamides is 1. The Kier molecular flexibility index (Phi) is 6.98. The van der Waals surface area contributed by atoms with E-state index in [0.717, 1.165) is 16.9 Å². The number of nitrogens with one attached hydrogen (secondary N) is 1. The summed E-state index contributed by atoms with van der Waals surface area (Å²) in [5, 5.41) is 0. The van der Waals surface area contributed by atoms with Crippen molar-refractivity contribution in [1.82, 2.24) is 9.62 Å². The minimum absolute atomic E-state index is 0.0905. The summed E-state index contributed by atoms with van der Waals surface area (Å²) in [5.41, 5.74) is 2.07. The summed E-state index contributed by atoms with van der Waals surface area (Å²) in [6.45, 7) is 6.73. The first-order chi connectivity index (χ1) is 12.8. The van der Waals surface area contributed by atoms with Crippen LogP contribution < -0.4 is 9.46 Å². The number of aryl methyl sites for hydroxylation is 1. The Morgan fingerprint density at radius 1 is 1.11 bits per heavy atom. The van der Waals surface area contributed by atoms with Crippen LogP contribution in [0.15, 0.2) is 47.4 Å². The first-order valence-electron chi connectivity index (χ1n) is 8.86. The van der Waals surface area contributed by atoms with Crippen LogP contribution in [0, 0.1) is 6.92 Å². The van der Waals surface area contributed by atoms with Crippen molar-refractivity contribution in [2.24, 2.45) is 0 Å². The van der Waals surface area contributed by atoms with Crippen LogP contribution in [0.4, 0.5) is 0 Å². The minimum Gasteiger partial charge on any atom is -0.494 e. The summed E-state index contributed by atoms with van der Waals surface area (Å²) in [6, 6.07) is 12.2. The normalized spacial score (nSPS) is 11.3. The van der Waals surface area contributed by atoms with Crippen molar-refractivity contribution >= 4 is 15.9 Å². The van der Waals surface area contributed by atoms with Gasteiger partial charge in [0.2, 0.25) is 10.0 Å². The Labute approximate surface area is 161 Å². The van der Waals surface area contributed by atoms with E-state index in [4.69, 9.17) is 4.74 Å². The zero-order valence-electron chi connectivity index (χ0n) is 16.2. The number of carbonyl (C=O) groups is 1. The molecule has 0 atom stereocenters. The van der Waals surface area contributed by atoms with E-state index in [-0.39, 0.29) is 17.3 Å². The van der Waals surface area contributed by atoms with Gasteiger partial charge in [-0.05, 0) is 49.2 Å². The Hall–Kier alpha value is -2.38. The standard InChI is InChI=1S/C20H26N2O4S/c1-5-21-27(24,25)18-12-7-15(3)19(13-18)20(23)22(4)14-16-8-10-17(11-9-16)26-6-2/h7-13,21H,5-6,14H2,1-4H3. The minimum atomic E-state index is -3.61. The number of ether oxygens (including phenoxy) is 1. The molecule has 0 unspecified atom stereocenters. The molecule has 6 nitrogen and oxygen atoms in total. The largest absolute Gasteiger partial charge is 0.494 e. The second-order valence-corrected chi connectivity index (χ2v) is 7.98. The van der Waals surface area contributed by atoms with Crippen molar-refractivity contribution in [3.8, 4) is 5.75 Å². The van der Waals surface area contributed by atoms with Crippen LogP contribution in [0.2, 0.25) is 0 Å². The van der Waals surface area contributed by atoms with Crippen LogP contribution in [0.25, 0.3) is 0 Å². The lowest BCUT2D eigenvalue weighted by atomic mass is 10.1. The Morgan fingerprint density at radius 3 is 2.37 bits per heavy atom. The Balaban J connectivity index is 2.20. The van der Waals surface area contributed by atoms with Gasteiger partial charge in [-0.2, -0.15) is 0 Å². The van der Waals surface area contributed by atoms with E-state index >= 15 is 0 Å². The van der Waals surface area contributed by atoms with Crippen LogP contribution in [-0.4, -0.2) is 39.4 Å². The van der Waals surface area contributed by atoms with Gasteiger partial charge in [-0.15, -0.1) is 0 Å². The van der Waals surface area contributed by atoms with Gasteiger partial charge in [0.15, 0.2) is 0 Å². The molecular weight excluding hydrogens is 364 g/mol. The molecule has 0 heterocycles. The highest BCUT2D eigenvalue weighted by atomic mass is 32.2. The summed E-state index contributed by atoms with van der Waals surface area (Å²) < 4.78 is 32.3. The number of hydrogen-bond acceptors (Lipinski definition) is 4. The molecule has 2 aromatic carbocycles. The number of benzene rings is 2. The molecule has 0 saturated heterocycles. The Bertz CT molecular complexity index is 893. The molecule has 0 aliphatic heterocycles. The predicted molar refractivity (Wildman–Crippen MR) is 105 cm³/mol. The van der Waals surface area contributed by atoms with E-state index in [2.05, 4.69) is 4.72 Å². The maximum atomic E-state index is 12.9. The van der Waals surface area contributed by atoms with Crippen LogP contribution in [0.5, 0.6) is 5.75 Å². The lowest BCUT2D eigenvalue weighted by molar-refractivity contribution is 0.0784. The molecule has 1 amide bonds. The summed E-state index contributed by atoms with van der Waals surface area (Å²) in [7, 11) is -1.91. The van der Waals surface area contributed by atoms with E-state index in [9.17, 15) is 13.2 Å². The van der Waals surface area contributed by atoms with Crippen molar-refractivity contribution in [2.45, 2.75) is 32.2 Å². The molecule has 146 valence electrons. The van der Waals surface area contributed by atoms with Gasteiger partial charge >= 0.3 is 0 Å². The predicted octanol–water partition coefficient (Wildman–Crippen LogP) is 2.96. The molecule has 0 radical (unpaired) electrons. The summed E-state index contributed by atoms with van der Waals surface area (Å²) in [4.78, 5) is 14.5. The van der Waals surface area contributed by atoms with E-state index in [1.807, 2.05) is 31.2 Å². The number of hydrogen-bond donors (Lipinski definition) is 1. The van der Waals surface area contributed by atoms with E-state index in [0.29, 0.717) is 18.7 Å². The summed E-state index contributed by atoms with van der Waals surface area (Å²) >= 11 is 0. The van der Waals surface area contributed by atoms with Crippen LogP contribution in [0.1, 0.15) is 35.3 Å². The highest BCUT2D eigenvalue weighted by Gasteiger charge is 2.19. The van der Waals surface area contributed by atoms with Crippen molar-refractivity contribution in [3.63, 3.8) is 0 Å². The van der Waals surface area contributed by atoms with Crippen molar-refractivity contribution in [3.05, 3.63) is 59.2 Å². The first kappa shape index (κ1) is 20.9. The van der Waals surface area contributed by atoms with Gasteiger partial charge in [0.1, 0.15) is 5.75 Å². The quantitative estimate of drug-likeness (QED) is 0.752. The van der Waals surface area contributed by atoms with Crippen molar-refractivity contribution in [2.75, 3.05) is 20.2 Å². The third kappa shape index (κ3) is 5.30. The molecule has 7 heteroatoms. The third-order valence-electron chi connectivity index (χ3n) is 4.08. The average Bonchev–Trinajstić information content (AvgIpc) is 2.63. The fourth-order valence-electron chi connectivity index (χ4n) is 2.68. The molecular formula is C20H26N2O4S. The maximum absolute atomic E-state index is 12.9. The van der Waals surface area contributed by atoms with Crippen molar-refractivity contribution in [1.29, 1.82) is 0 Å². The fraction of sp³-hybridized carbons (Fsp3) is 0.350. The molecule has 0 spiro atoms. The SMILES string of the molecule is CCNS(=O)(=O)c1ccc(C)c(C(=O)N(C)Cc2ccc(OCC)cc2)c1. The average molecular weight is 391 g/mol.